The van der Waals surface area contributed by atoms with Crippen LogP contribution in [0.25, 0.3) is 0 Å². The van der Waals surface area contributed by atoms with Crippen molar-refractivity contribution in [3.8, 4) is 5.75 Å². The van der Waals surface area contributed by atoms with Gasteiger partial charge in [-0.05, 0) is 32.0 Å². The zero-order chi connectivity index (χ0) is 12.0. The average molecular weight is 242 g/mol. The largest absolute Gasteiger partial charge is 0.496 e. The standard InChI is InChI=1S/C13H20ClNO/c1-11(15(2)9-8-14)10-12-6-4-5-7-13(12)16-3/h4-7,11H,8-10H2,1-3H3. The van der Waals surface area contributed by atoms with E-state index in [0.717, 1.165) is 18.7 Å². The van der Waals surface area contributed by atoms with Crippen LogP contribution in [0, 0.1) is 0 Å². The average Bonchev–Trinajstić information content (AvgIpc) is 2.30. The first-order chi connectivity index (χ1) is 7.69. The van der Waals surface area contributed by atoms with Gasteiger partial charge in [0, 0.05) is 18.5 Å². The maximum absolute atomic E-state index is 5.74. The Bertz CT molecular complexity index is 317. The molecule has 0 N–H and O–H groups in total. The van der Waals surface area contributed by atoms with E-state index >= 15 is 0 Å². The number of nitrogens with zero attached hydrogens (tertiary/aromatic N) is 1. The second kappa shape index (κ2) is 6.77. The van der Waals surface area contributed by atoms with E-state index in [2.05, 4.69) is 24.9 Å². The van der Waals surface area contributed by atoms with Gasteiger partial charge in [0.25, 0.3) is 0 Å². The van der Waals surface area contributed by atoms with Crippen molar-refractivity contribution < 1.29 is 4.74 Å². The molecule has 1 atom stereocenters. The molecule has 0 amide bonds. The maximum atomic E-state index is 5.74. The molecule has 0 heterocycles. The Labute approximate surface area is 103 Å². The maximum Gasteiger partial charge on any atom is 0.122 e. The van der Waals surface area contributed by atoms with Crippen molar-refractivity contribution in [2.45, 2.75) is 19.4 Å². The minimum absolute atomic E-state index is 0.468. The molecule has 0 aliphatic carbocycles. The van der Waals surface area contributed by atoms with E-state index in [1.165, 1.54) is 5.56 Å². The highest BCUT2D eigenvalue weighted by Gasteiger charge is 2.11. The summed E-state index contributed by atoms with van der Waals surface area (Å²) < 4.78 is 5.34. The third kappa shape index (κ3) is 3.69. The summed E-state index contributed by atoms with van der Waals surface area (Å²) in [5.41, 5.74) is 1.25. The number of hydrogen-bond donors (Lipinski definition) is 0. The Morgan fingerprint density at radius 1 is 1.38 bits per heavy atom. The van der Waals surface area contributed by atoms with E-state index in [1.807, 2.05) is 18.2 Å². The Hall–Kier alpha value is -0.730. The fraction of sp³-hybridized carbons (Fsp3) is 0.538. The Morgan fingerprint density at radius 3 is 2.69 bits per heavy atom. The number of likely N-dealkylation sites (N-methyl/N-ethyl adjacent to an activating group) is 1. The second-order valence-corrected chi connectivity index (χ2v) is 4.41. The molecule has 0 aromatic heterocycles. The number of alkyl halides is 1. The summed E-state index contributed by atoms with van der Waals surface area (Å²) in [4.78, 5) is 2.26. The molecule has 1 aromatic carbocycles. The molecule has 0 radical (unpaired) electrons. The van der Waals surface area contributed by atoms with Gasteiger partial charge in [-0.2, -0.15) is 0 Å². The number of para-hydroxylation sites is 1. The van der Waals surface area contributed by atoms with Gasteiger partial charge in [-0.3, -0.25) is 0 Å². The molecular formula is C13H20ClNO. The van der Waals surface area contributed by atoms with E-state index in [0.29, 0.717) is 11.9 Å². The Balaban J connectivity index is 2.64. The van der Waals surface area contributed by atoms with Crippen LogP contribution in [-0.4, -0.2) is 37.5 Å². The molecule has 16 heavy (non-hydrogen) atoms. The summed E-state index contributed by atoms with van der Waals surface area (Å²) in [6.45, 7) is 3.12. The molecule has 0 bridgehead atoms. The van der Waals surface area contributed by atoms with Gasteiger partial charge >= 0.3 is 0 Å². The summed E-state index contributed by atoms with van der Waals surface area (Å²) in [6, 6.07) is 8.63. The molecule has 3 heteroatoms. The summed E-state index contributed by atoms with van der Waals surface area (Å²) in [6.07, 6.45) is 0.984. The molecule has 1 unspecified atom stereocenters. The predicted octanol–water partition coefficient (Wildman–Crippen LogP) is 2.80. The van der Waals surface area contributed by atoms with E-state index in [-0.39, 0.29) is 0 Å². The van der Waals surface area contributed by atoms with Crippen LogP contribution in [0.4, 0.5) is 0 Å². The van der Waals surface area contributed by atoms with Crippen LogP contribution in [0.15, 0.2) is 24.3 Å². The first-order valence-electron chi connectivity index (χ1n) is 5.57. The number of methoxy groups -OCH3 is 1. The van der Waals surface area contributed by atoms with Crippen molar-refractivity contribution in [1.82, 2.24) is 4.90 Å². The van der Waals surface area contributed by atoms with Crippen molar-refractivity contribution >= 4 is 11.6 Å². The van der Waals surface area contributed by atoms with E-state index in [4.69, 9.17) is 16.3 Å². The Kier molecular flexibility index (Phi) is 5.64. The number of ether oxygens (including phenoxy) is 1. The molecule has 2 nitrogen and oxygen atoms in total. The van der Waals surface area contributed by atoms with Gasteiger partial charge < -0.3 is 9.64 Å². The van der Waals surface area contributed by atoms with Crippen molar-refractivity contribution in [1.29, 1.82) is 0 Å². The Morgan fingerprint density at radius 2 is 2.06 bits per heavy atom. The van der Waals surface area contributed by atoms with Gasteiger partial charge in [0.2, 0.25) is 0 Å². The summed E-state index contributed by atoms with van der Waals surface area (Å²) in [7, 11) is 3.81. The van der Waals surface area contributed by atoms with Crippen molar-refractivity contribution in [3.05, 3.63) is 29.8 Å². The van der Waals surface area contributed by atoms with Gasteiger partial charge in [-0.1, -0.05) is 18.2 Å². The molecule has 0 aliphatic heterocycles. The van der Waals surface area contributed by atoms with Gasteiger partial charge in [0.05, 0.1) is 7.11 Å². The molecular weight excluding hydrogens is 222 g/mol. The molecule has 0 saturated heterocycles. The van der Waals surface area contributed by atoms with E-state index in [9.17, 15) is 0 Å². The number of benzene rings is 1. The third-order valence-corrected chi connectivity index (χ3v) is 3.07. The smallest absolute Gasteiger partial charge is 0.122 e. The van der Waals surface area contributed by atoms with Gasteiger partial charge in [0.15, 0.2) is 0 Å². The lowest BCUT2D eigenvalue weighted by molar-refractivity contribution is 0.269. The molecule has 90 valence electrons. The van der Waals surface area contributed by atoms with Crippen LogP contribution in [0.1, 0.15) is 12.5 Å². The molecule has 0 spiro atoms. The highest BCUT2D eigenvalue weighted by Crippen LogP contribution is 2.20. The highest BCUT2D eigenvalue weighted by molar-refractivity contribution is 6.18. The van der Waals surface area contributed by atoms with Crippen molar-refractivity contribution in [2.24, 2.45) is 0 Å². The predicted molar refractivity (Wildman–Crippen MR) is 69.5 cm³/mol. The zero-order valence-corrected chi connectivity index (χ0v) is 11.0. The van der Waals surface area contributed by atoms with Crippen LogP contribution in [-0.2, 0) is 6.42 Å². The fourth-order valence-corrected chi connectivity index (χ4v) is 1.97. The summed E-state index contributed by atoms with van der Waals surface area (Å²) in [5.74, 6) is 1.64. The first kappa shape index (κ1) is 13.3. The van der Waals surface area contributed by atoms with Crippen molar-refractivity contribution in [3.63, 3.8) is 0 Å². The van der Waals surface area contributed by atoms with Gasteiger partial charge in [-0.15, -0.1) is 11.6 Å². The number of hydrogen-bond acceptors (Lipinski definition) is 2. The molecule has 0 saturated carbocycles. The number of halogens is 1. The van der Waals surface area contributed by atoms with Crippen LogP contribution in [0.2, 0.25) is 0 Å². The van der Waals surface area contributed by atoms with Gasteiger partial charge in [-0.25, -0.2) is 0 Å². The topological polar surface area (TPSA) is 12.5 Å². The monoisotopic (exact) mass is 241 g/mol. The minimum atomic E-state index is 0.468. The van der Waals surface area contributed by atoms with E-state index < -0.39 is 0 Å². The van der Waals surface area contributed by atoms with Crippen LogP contribution in [0.5, 0.6) is 5.75 Å². The van der Waals surface area contributed by atoms with Crippen LogP contribution in [0.3, 0.4) is 0 Å². The molecule has 1 aromatic rings. The van der Waals surface area contributed by atoms with Crippen LogP contribution < -0.4 is 4.74 Å². The van der Waals surface area contributed by atoms with Crippen LogP contribution >= 0.6 is 11.6 Å². The first-order valence-corrected chi connectivity index (χ1v) is 6.10. The second-order valence-electron chi connectivity index (χ2n) is 4.03. The van der Waals surface area contributed by atoms with E-state index in [1.54, 1.807) is 7.11 Å². The molecule has 0 aliphatic rings. The molecule has 1 rings (SSSR count). The SMILES string of the molecule is COc1ccccc1CC(C)N(C)CCCl. The normalized spacial score (nSPS) is 12.8. The lowest BCUT2D eigenvalue weighted by Gasteiger charge is -2.24. The quantitative estimate of drug-likeness (QED) is 0.711. The van der Waals surface area contributed by atoms with Crippen molar-refractivity contribution in [2.75, 3.05) is 26.6 Å². The van der Waals surface area contributed by atoms with Gasteiger partial charge in [0.1, 0.15) is 5.75 Å². The third-order valence-electron chi connectivity index (χ3n) is 2.90. The fourth-order valence-electron chi connectivity index (χ4n) is 1.70. The molecule has 0 fully saturated rings. The number of rotatable bonds is 6. The summed E-state index contributed by atoms with van der Waals surface area (Å²) in [5, 5.41) is 0. The summed E-state index contributed by atoms with van der Waals surface area (Å²) >= 11 is 5.74. The lowest BCUT2D eigenvalue weighted by Crippen LogP contribution is -2.32. The minimum Gasteiger partial charge on any atom is -0.496 e. The highest BCUT2D eigenvalue weighted by atomic mass is 35.5. The lowest BCUT2D eigenvalue weighted by atomic mass is 10.1. The zero-order valence-electron chi connectivity index (χ0n) is 10.2.